The third-order valence-corrected chi connectivity index (χ3v) is 6.52. The van der Waals surface area contributed by atoms with Crippen LogP contribution in [-0.4, -0.2) is 67.3 Å². The monoisotopic (exact) mass is 538 g/mol. The Hall–Kier alpha value is -3.31. The quantitative estimate of drug-likeness (QED) is 0.214. The molecule has 0 spiro atoms. The van der Waals surface area contributed by atoms with Gasteiger partial charge in [-0.2, -0.15) is 4.98 Å². The number of rotatable bonds is 10. The number of para-hydroxylation sites is 1. The Kier molecular flexibility index (Phi) is 8.70. The number of carbonyl (C=O) groups excluding carboxylic acids is 1. The molecule has 15 heteroatoms. The number of nitrogens with two attached hydrogens (primary N) is 1. The Balaban J connectivity index is 1.83. The van der Waals surface area contributed by atoms with Crippen LogP contribution in [0.5, 0.6) is 5.75 Å². The Bertz CT molecular complexity index is 1250. The predicted molar refractivity (Wildman–Crippen MR) is 127 cm³/mol. The molecule has 1 aromatic heterocycles. The minimum Gasteiger partial charge on any atom is -0.461 e. The van der Waals surface area contributed by atoms with E-state index < -0.39 is 62.3 Å². The van der Waals surface area contributed by atoms with Gasteiger partial charge in [-0.05, 0) is 32.9 Å². The second kappa shape index (κ2) is 11.4. The van der Waals surface area contributed by atoms with Crippen LogP contribution in [0.15, 0.2) is 41.5 Å². The lowest BCUT2D eigenvalue weighted by Crippen LogP contribution is -2.47. The van der Waals surface area contributed by atoms with E-state index in [1.807, 2.05) is 5.92 Å². The summed E-state index contributed by atoms with van der Waals surface area (Å²) in [6, 6.07) is 7.83. The van der Waals surface area contributed by atoms with Gasteiger partial charge in [0.25, 0.3) is 0 Å². The van der Waals surface area contributed by atoms with Gasteiger partial charge in [0.1, 0.15) is 24.3 Å². The summed E-state index contributed by atoms with van der Waals surface area (Å²) in [5, 5.41) is 21.6. The lowest BCUT2D eigenvalue weighted by molar-refractivity contribution is -0.156. The number of carbonyl (C=O) groups is 1. The van der Waals surface area contributed by atoms with Gasteiger partial charge in [-0.25, -0.2) is 19.1 Å². The highest BCUT2D eigenvalue weighted by atomic mass is 31.2. The molecular weight excluding hydrogens is 511 g/mol. The number of terminal acetylenes is 1. The molecule has 3 rings (SSSR count). The number of nitrogen functional groups attached to an aromatic ring is 1. The Morgan fingerprint density at radius 3 is 2.62 bits per heavy atom. The first kappa shape index (κ1) is 28.3. The van der Waals surface area contributed by atoms with E-state index in [0.29, 0.717) is 0 Å². The normalized spacial score (nSPS) is 25.7. The molecule has 1 saturated heterocycles. The van der Waals surface area contributed by atoms with Gasteiger partial charge >= 0.3 is 19.5 Å². The van der Waals surface area contributed by atoms with Gasteiger partial charge in [0.15, 0.2) is 17.9 Å². The summed E-state index contributed by atoms with van der Waals surface area (Å²) in [7, 11) is -4.57. The largest absolute Gasteiger partial charge is 0.530 e. The topological polar surface area (TPSA) is 195 Å². The molecule has 0 radical (unpaired) electrons. The highest BCUT2D eigenvalue weighted by molar-refractivity contribution is 7.49. The second-order valence-corrected chi connectivity index (χ2v) is 9.77. The molecule has 1 aliphatic rings. The highest BCUT2D eigenvalue weighted by Gasteiger charge is 2.56. The fraction of sp³-hybridized carbons (Fsp3) is 0.455. The van der Waals surface area contributed by atoms with Crippen LogP contribution >= 0.6 is 7.82 Å². The summed E-state index contributed by atoms with van der Waals surface area (Å²) in [6.45, 7) is 3.83. The summed E-state index contributed by atoms with van der Waals surface area (Å²) >= 11 is 0. The van der Waals surface area contributed by atoms with Crippen molar-refractivity contribution in [2.24, 2.45) is 0 Å². The van der Waals surface area contributed by atoms with Crippen molar-refractivity contribution >= 4 is 19.7 Å². The first-order valence-electron chi connectivity index (χ1n) is 11.0. The summed E-state index contributed by atoms with van der Waals surface area (Å²) in [4.78, 5) is 31.6. The molecule has 2 unspecified atom stereocenters. The Morgan fingerprint density at radius 2 is 2.03 bits per heavy atom. The fourth-order valence-electron chi connectivity index (χ4n) is 3.27. The average molecular weight is 538 g/mol. The minimum atomic E-state index is -4.57. The van der Waals surface area contributed by atoms with Gasteiger partial charge in [0.05, 0.1) is 12.7 Å². The van der Waals surface area contributed by atoms with Crippen LogP contribution in [0.3, 0.4) is 0 Å². The van der Waals surface area contributed by atoms with Crippen LogP contribution < -0.4 is 15.9 Å². The van der Waals surface area contributed by atoms with Crippen LogP contribution in [0.4, 0.5) is 5.95 Å². The highest BCUT2D eigenvalue weighted by Crippen LogP contribution is 2.51. The number of phosphoric ester groups is 1. The van der Waals surface area contributed by atoms with E-state index in [1.165, 1.54) is 19.1 Å². The number of nitrogens with zero attached hydrogens (tertiary/aromatic N) is 3. The molecule has 0 aliphatic carbocycles. The van der Waals surface area contributed by atoms with Crippen molar-refractivity contribution in [3.05, 3.63) is 47.1 Å². The number of aliphatic hydroxyl groups excluding tert-OH is 1. The number of esters is 1. The molecule has 1 aromatic carbocycles. The van der Waals surface area contributed by atoms with Gasteiger partial charge in [-0.1, -0.05) is 24.1 Å². The molecule has 37 heavy (non-hydrogen) atoms. The van der Waals surface area contributed by atoms with Crippen molar-refractivity contribution in [1.29, 1.82) is 0 Å². The number of hydrogen-bond donors (Lipinski definition) is 3. The molecule has 0 amide bonds. The van der Waals surface area contributed by atoms with Crippen LogP contribution in [0.2, 0.25) is 0 Å². The maximum absolute atomic E-state index is 13.5. The maximum atomic E-state index is 13.5. The number of aromatic nitrogens is 3. The van der Waals surface area contributed by atoms with Crippen molar-refractivity contribution in [1.82, 2.24) is 14.5 Å². The second-order valence-electron chi connectivity index (χ2n) is 8.23. The number of ether oxygens (including phenoxy) is 2. The lowest BCUT2D eigenvalue weighted by Gasteiger charge is -2.26. The molecule has 200 valence electrons. The first-order valence-corrected chi connectivity index (χ1v) is 12.5. The number of anilines is 1. The predicted octanol–water partition coefficient (Wildman–Crippen LogP) is 0.404. The summed E-state index contributed by atoms with van der Waals surface area (Å²) in [5.41, 5.74) is 1.99. The maximum Gasteiger partial charge on any atom is 0.530 e. The summed E-state index contributed by atoms with van der Waals surface area (Å²) in [6.07, 6.45) is -0.386. The van der Waals surface area contributed by atoms with Crippen molar-refractivity contribution in [2.45, 2.75) is 57.0 Å². The van der Waals surface area contributed by atoms with Crippen LogP contribution in [-0.2, 0) is 27.9 Å². The zero-order chi connectivity index (χ0) is 27.4. The molecular formula is C22H27N4O10P. The number of phosphoric acid groups is 1. The summed E-state index contributed by atoms with van der Waals surface area (Å²) < 4.78 is 41.0. The lowest BCUT2D eigenvalue weighted by atomic mass is 9.95. The van der Waals surface area contributed by atoms with Crippen molar-refractivity contribution in [3.8, 4) is 18.1 Å². The molecule has 4 N–H and O–H groups in total. The molecule has 2 heterocycles. The third-order valence-electron chi connectivity index (χ3n) is 5.04. The standard InChI is InChI=1S/C22H27N4O10P/c1-5-22(30)17(27)16(34-19(22)26-12-24-20(23)25-21(26)29)11-32-37(31,36-15-9-7-6-8-10-15)35-14(4)18(28)33-13(2)3/h1,6-10,12-14,16-17,19,27,30H,11H2,2-4H3,(H2,23,25,29)/t14-,16+,17?,19+,22+,37?/m0/s1. The van der Waals surface area contributed by atoms with E-state index in [-0.39, 0.29) is 11.7 Å². The van der Waals surface area contributed by atoms with Crippen LogP contribution in [0.25, 0.3) is 0 Å². The average Bonchev–Trinajstić information content (AvgIpc) is 3.08. The van der Waals surface area contributed by atoms with E-state index >= 15 is 0 Å². The molecule has 2 aromatic rings. The van der Waals surface area contributed by atoms with Gasteiger partial charge in [-0.15, -0.1) is 6.42 Å². The molecule has 1 aliphatic heterocycles. The smallest absolute Gasteiger partial charge is 0.461 e. The fourth-order valence-corrected chi connectivity index (χ4v) is 4.61. The third kappa shape index (κ3) is 6.53. The van der Waals surface area contributed by atoms with Gasteiger partial charge in [-0.3, -0.25) is 13.6 Å². The number of benzene rings is 1. The van der Waals surface area contributed by atoms with E-state index in [1.54, 1.807) is 32.0 Å². The molecule has 14 nitrogen and oxygen atoms in total. The van der Waals surface area contributed by atoms with Gasteiger partial charge < -0.3 is 29.9 Å². The zero-order valence-corrected chi connectivity index (χ0v) is 21.1. The molecule has 0 saturated carbocycles. The van der Waals surface area contributed by atoms with E-state index in [2.05, 4.69) is 9.97 Å². The van der Waals surface area contributed by atoms with Crippen molar-refractivity contribution in [2.75, 3.05) is 12.3 Å². The zero-order valence-electron chi connectivity index (χ0n) is 20.2. The Labute approximate surface area is 211 Å². The summed E-state index contributed by atoms with van der Waals surface area (Å²) in [5.74, 6) is 0.937. The number of hydrogen-bond acceptors (Lipinski definition) is 13. The minimum absolute atomic E-state index is 0.0896. The van der Waals surface area contributed by atoms with Crippen LogP contribution in [0, 0.1) is 12.3 Å². The van der Waals surface area contributed by atoms with E-state index in [9.17, 15) is 24.4 Å². The number of aliphatic hydroxyl groups is 2. The van der Waals surface area contributed by atoms with E-state index in [4.69, 9.17) is 35.2 Å². The molecule has 6 atom stereocenters. The van der Waals surface area contributed by atoms with Gasteiger partial charge in [0.2, 0.25) is 5.95 Å². The SMILES string of the molecule is C#C[C@@]1(O)C(O)[C@@H](COP(=O)(Oc2ccccc2)O[C@@H](C)C(=O)OC(C)C)O[C@H]1n1cnc(N)nc1=O. The van der Waals surface area contributed by atoms with E-state index in [0.717, 1.165) is 10.9 Å². The van der Waals surface area contributed by atoms with Crippen LogP contribution in [0.1, 0.15) is 27.0 Å². The first-order chi connectivity index (χ1) is 17.4. The molecule has 1 fully saturated rings. The van der Waals surface area contributed by atoms with Gasteiger partial charge in [0, 0.05) is 0 Å². The molecule has 0 bridgehead atoms. The Morgan fingerprint density at radius 1 is 1.35 bits per heavy atom. The van der Waals surface area contributed by atoms with Crippen molar-refractivity contribution < 1.29 is 42.6 Å². The van der Waals surface area contributed by atoms with Crippen molar-refractivity contribution in [3.63, 3.8) is 0 Å².